The van der Waals surface area contributed by atoms with E-state index in [2.05, 4.69) is 10.3 Å². The summed E-state index contributed by atoms with van der Waals surface area (Å²) >= 11 is 1.46. The summed E-state index contributed by atoms with van der Waals surface area (Å²) in [6, 6.07) is 0. The number of carboxylic acids is 1. The van der Waals surface area contributed by atoms with Gasteiger partial charge in [-0.05, 0) is 20.8 Å². The van der Waals surface area contributed by atoms with Crippen LogP contribution in [0.25, 0.3) is 4.96 Å². The molecule has 0 aliphatic carbocycles. The molecule has 0 bridgehead atoms. The minimum absolute atomic E-state index is 0.131. The average Bonchev–Trinajstić information content (AvgIpc) is 2.78. The lowest BCUT2D eigenvalue weighted by molar-refractivity contribution is -0.145. The molecule has 2 N–H and O–H groups in total. The normalized spacial score (nSPS) is 11.7. The molecule has 0 unspecified atom stereocenters. The number of nitrogens with zero attached hydrogens (tertiary/aromatic N) is 2. The van der Waals surface area contributed by atoms with E-state index >= 15 is 0 Å². The molecule has 0 aliphatic rings. The van der Waals surface area contributed by atoms with Gasteiger partial charge in [-0.2, -0.15) is 0 Å². The highest BCUT2D eigenvalue weighted by molar-refractivity contribution is 7.15. The van der Waals surface area contributed by atoms with Crippen LogP contribution in [-0.2, 0) is 16.0 Å². The van der Waals surface area contributed by atoms with E-state index in [1.54, 1.807) is 0 Å². The van der Waals surface area contributed by atoms with Gasteiger partial charge < -0.3 is 10.4 Å². The van der Waals surface area contributed by atoms with Gasteiger partial charge in [0.15, 0.2) is 4.96 Å². The number of rotatable bonds is 4. The van der Waals surface area contributed by atoms with Crippen molar-refractivity contribution in [1.82, 2.24) is 14.7 Å². The first-order valence-corrected chi connectivity index (χ1v) is 6.64. The molecule has 1 amide bonds. The van der Waals surface area contributed by atoms with Gasteiger partial charge in [-0.1, -0.05) is 0 Å². The van der Waals surface area contributed by atoms with E-state index < -0.39 is 11.5 Å². The predicted molar refractivity (Wildman–Crippen MR) is 71.4 cm³/mol. The molecule has 7 heteroatoms. The third kappa shape index (κ3) is 2.76. The van der Waals surface area contributed by atoms with Crippen molar-refractivity contribution in [2.45, 2.75) is 32.7 Å². The molecule has 0 fully saturated rings. The van der Waals surface area contributed by atoms with E-state index in [0.717, 1.165) is 16.3 Å². The molecule has 0 aliphatic heterocycles. The molecule has 102 valence electrons. The lowest BCUT2D eigenvalue weighted by atomic mass is 10.1. The quantitative estimate of drug-likeness (QED) is 0.882. The van der Waals surface area contributed by atoms with E-state index in [9.17, 15) is 9.59 Å². The molecule has 2 heterocycles. The van der Waals surface area contributed by atoms with Crippen LogP contribution in [0.4, 0.5) is 0 Å². The molecular weight excluding hydrogens is 266 g/mol. The third-order valence-corrected chi connectivity index (χ3v) is 3.62. The molecule has 2 aromatic rings. The second-order valence-electron chi connectivity index (χ2n) is 4.92. The maximum atomic E-state index is 11.9. The maximum Gasteiger partial charge on any atom is 0.328 e. The Morgan fingerprint density at radius 3 is 2.84 bits per heavy atom. The van der Waals surface area contributed by atoms with Crippen molar-refractivity contribution in [3.05, 3.63) is 23.0 Å². The van der Waals surface area contributed by atoms with Crippen LogP contribution in [0.3, 0.4) is 0 Å². The van der Waals surface area contributed by atoms with Crippen LogP contribution >= 0.6 is 11.3 Å². The number of amides is 1. The van der Waals surface area contributed by atoms with Crippen LogP contribution in [0, 0.1) is 6.92 Å². The number of carboxylic acid groups (broad SMARTS) is 1. The number of imidazole rings is 1. The topological polar surface area (TPSA) is 83.7 Å². The van der Waals surface area contributed by atoms with Gasteiger partial charge in [0.2, 0.25) is 5.91 Å². The zero-order valence-electron chi connectivity index (χ0n) is 10.9. The molecular formula is C12H15N3O3S. The molecule has 2 rings (SSSR count). The van der Waals surface area contributed by atoms with Crippen LogP contribution in [0.15, 0.2) is 11.6 Å². The number of carbonyl (C=O) groups excluding carboxylic acids is 1. The van der Waals surface area contributed by atoms with Crippen LogP contribution < -0.4 is 5.32 Å². The number of hydrogen-bond acceptors (Lipinski definition) is 4. The Labute approximate surface area is 114 Å². The van der Waals surface area contributed by atoms with Crippen molar-refractivity contribution in [3.63, 3.8) is 0 Å². The monoisotopic (exact) mass is 281 g/mol. The van der Waals surface area contributed by atoms with E-state index in [1.165, 1.54) is 25.2 Å². The summed E-state index contributed by atoms with van der Waals surface area (Å²) < 4.78 is 1.85. The number of thiazole rings is 1. The van der Waals surface area contributed by atoms with Crippen molar-refractivity contribution >= 4 is 28.2 Å². The number of aliphatic carboxylic acids is 1. The number of aromatic nitrogens is 2. The van der Waals surface area contributed by atoms with Gasteiger partial charge in [-0.15, -0.1) is 11.3 Å². The highest BCUT2D eigenvalue weighted by Crippen LogP contribution is 2.17. The maximum absolute atomic E-state index is 11.9. The molecule has 0 aromatic carbocycles. The Bertz CT molecular complexity index is 642. The van der Waals surface area contributed by atoms with Gasteiger partial charge in [0.25, 0.3) is 0 Å². The van der Waals surface area contributed by atoms with Crippen molar-refractivity contribution < 1.29 is 14.7 Å². The zero-order chi connectivity index (χ0) is 14.2. The SMILES string of the molecule is Cc1cn2c(CC(=O)NC(C)(C)C(=O)O)csc2n1. The fourth-order valence-electron chi connectivity index (χ4n) is 1.68. The zero-order valence-corrected chi connectivity index (χ0v) is 11.7. The van der Waals surface area contributed by atoms with E-state index in [4.69, 9.17) is 5.11 Å². The molecule has 2 aromatic heterocycles. The summed E-state index contributed by atoms with van der Waals surface area (Å²) in [7, 11) is 0. The van der Waals surface area contributed by atoms with Gasteiger partial charge in [0.05, 0.1) is 12.1 Å². The smallest absolute Gasteiger partial charge is 0.328 e. The largest absolute Gasteiger partial charge is 0.480 e. The summed E-state index contributed by atoms with van der Waals surface area (Å²) in [4.78, 5) is 28.0. The first-order chi connectivity index (χ1) is 8.79. The number of fused-ring (bicyclic) bond motifs is 1. The molecule has 0 radical (unpaired) electrons. The molecule has 0 saturated heterocycles. The fourth-order valence-corrected chi connectivity index (χ4v) is 2.60. The Hall–Kier alpha value is -1.89. The lowest BCUT2D eigenvalue weighted by Crippen LogP contribution is -2.50. The second-order valence-corrected chi connectivity index (χ2v) is 5.75. The van der Waals surface area contributed by atoms with Gasteiger partial charge in [-0.25, -0.2) is 9.78 Å². The first kappa shape index (κ1) is 13.5. The molecule has 0 atom stereocenters. The standard InChI is InChI=1S/C12H15N3O3S/c1-7-5-15-8(6-19-11(15)13-7)4-9(16)14-12(2,3)10(17)18/h5-6H,4H2,1-3H3,(H,14,16)(H,17,18). The summed E-state index contributed by atoms with van der Waals surface area (Å²) in [6.45, 7) is 4.80. The number of carbonyl (C=O) groups is 2. The number of hydrogen-bond donors (Lipinski definition) is 2. The molecule has 0 saturated carbocycles. The Balaban J connectivity index is 2.13. The van der Waals surface area contributed by atoms with Crippen LogP contribution in [0.1, 0.15) is 25.2 Å². The van der Waals surface area contributed by atoms with Crippen molar-refractivity contribution in [1.29, 1.82) is 0 Å². The van der Waals surface area contributed by atoms with E-state index in [1.807, 2.05) is 22.9 Å². The lowest BCUT2D eigenvalue weighted by Gasteiger charge is -2.20. The van der Waals surface area contributed by atoms with Crippen molar-refractivity contribution in [2.75, 3.05) is 0 Å². The first-order valence-electron chi connectivity index (χ1n) is 5.76. The summed E-state index contributed by atoms with van der Waals surface area (Å²) in [5.74, 6) is -1.38. The third-order valence-electron chi connectivity index (χ3n) is 2.73. The summed E-state index contributed by atoms with van der Waals surface area (Å²) in [5, 5.41) is 13.3. The Kier molecular flexibility index (Phi) is 3.32. The van der Waals surface area contributed by atoms with Gasteiger partial charge >= 0.3 is 5.97 Å². The highest BCUT2D eigenvalue weighted by Gasteiger charge is 2.29. The van der Waals surface area contributed by atoms with Crippen LogP contribution in [0.5, 0.6) is 0 Å². The van der Waals surface area contributed by atoms with Crippen molar-refractivity contribution in [3.8, 4) is 0 Å². The van der Waals surface area contributed by atoms with Gasteiger partial charge in [-0.3, -0.25) is 9.20 Å². The van der Waals surface area contributed by atoms with Gasteiger partial charge in [0, 0.05) is 17.3 Å². The van der Waals surface area contributed by atoms with Gasteiger partial charge in [0.1, 0.15) is 5.54 Å². The highest BCUT2D eigenvalue weighted by atomic mass is 32.1. The summed E-state index contributed by atoms with van der Waals surface area (Å²) in [6.07, 6.45) is 1.99. The fraction of sp³-hybridized carbons (Fsp3) is 0.417. The molecule has 0 spiro atoms. The second kappa shape index (κ2) is 4.65. The van der Waals surface area contributed by atoms with E-state index in [-0.39, 0.29) is 12.3 Å². The minimum Gasteiger partial charge on any atom is -0.480 e. The summed E-state index contributed by atoms with van der Waals surface area (Å²) in [5.41, 5.74) is 0.426. The van der Waals surface area contributed by atoms with E-state index in [0.29, 0.717) is 0 Å². The van der Waals surface area contributed by atoms with Crippen LogP contribution in [-0.4, -0.2) is 31.9 Å². The Morgan fingerprint density at radius 1 is 1.53 bits per heavy atom. The van der Waals surface area contributed by atoms with Crippen molar-refractivity contribution in [2.24, 2.45) is 0 Å². The molecule has 19 heavy (non-hydrogen) atoms. The predicted octanol–water partition coefficient (Wildman–Crippen LogP) is 1.23. The number of nitrogens with one attached hydrogen (secondary N) is 1. The van der Waals surface area contributed by atoms with Crippen LogP contribution in [0.2, 0.25) is 0 Å². The molecule has 6 nitrogen and oxygen atoms in total. The Morgan fingerprint density at radius 2 is 2.21 bits per heavy atom. The number of aryl methyl sites for hydroxylation is 1. The minimum atomic E-state index is -1.27. The average molecular weight is 281 g/mol.